The van der Waals surface area contributed by atoms with E-state index < -0.39 is 9.84 Å². The second-order valence-corrected chi connectivity index (χ2v) is 7.27. The molecule has 0 bridgehead atoms. The summed E-state index contributed by atoms with van der Waals surface area (Å²) >= 11 is 0. The predicted molar refractivity (Wildman–Crippen MR) is 76.7 cm³/mol. The average molecular weight is 297 g/mol. The number of benzene rings is 1. The molecule has 0 aromatic heterocycles. The maximum absolute atomic E-state index is 11.9. The summed E-state index contributed by atoms with van der Waals surface area (Å²) in [7, 11) is -1.28. The van der Waals surface area contributed by atoms with Crippen LogP contribution in [-0.4, -0.2) is 39.5 Å². The van der Waals surface area contributed by atoms with Crippen molar-refractivity contribution >= 4 is 15.7 Å². The number of nitrogens with one attached hydrogen (secondary N) is 1. The van der Waals surface area contributed by atoms with Gasteiger partial charge in [0.1, 0.15) is 5.75 Å². The van der Waals surface area contributed by atoms with E-state index in [1.54, 1.807) is 31.4 Å². The Morgan fingerprint density at radius 3 is 2.90 bits per heavy atom. The third-order valence-corrected chi connectivity index (χ3v) is 5.33. The molecule has 0 radical (unpaired) electrons. The van der Waals surface area contributed by atoms with Gasteiger partial charge in [-0.3, -0.25) is 4.79 Å². The van der Waals surface area contributed by atoms with Crippen LogP contribution in [-0.2, 0) is 9.84 Å². The van der Waals surface area contributed by atoms with E-state index in [0.29, 0.717) is 30.7 Å². The first-order chi connectivity index (χ1) is 9.50. The monoisotopic (exact) mass is 297 g/mol. The van der Waals surface area contributed by atoms with Gasteiger partial charge in [-0.15, -0.1) is 0 Å². The summed E-state index contributed by atoms with van der Waals surface area (Å²) in [4.78, 5) is 11.9. The van der Waals surface area contributed by atoms with Gasteiger partial charge in [0.2, 0.25) is 0 Å². The van der Waals surface area contributed by atoms with Crippen LogP contribution in [0.4, 0.5) is 0 Å². The lowest BCUT2D eigenvalue weighted by Crippen LogP contribution is -2.26. The number of hydrogen-bond acceptors (Lipinski definition) is 4. The number of carbonyl (C=O) groups is 1. The van der Waals surface area contributed by atoms with Gasteiger partial charge in [-0.05, 0) is 37.0 Å². The van der Waals surface area contributed by atoms with Crippen LogP contribution in [0.5, 0.6) is 5.75 Å². The molecular weight excluding hydrogens is 278 g/mol. The molecule has 1 fully saturated rings. The van der Waals surface area contributed by atoms with Crippen molar-refractivity contribution < 1.29 is 17.9 Å². The van der Waals surface area contributed by atoms with Crippen molar-refractivity contribution in [3.8, 4) is 5.75 Å². The van der Waals surface area contributed by atoms with Gasteiger partial charge in [-0.1, -0.05) is 6.07 Å². The summed E-state index contributed by atoms with van der Waals surface area (Å²) in [6.45, 7) is 0.496. The molecule has 1 aliphatic rings. The van der Waals surface area contributed by atoms with Crippen LogP contribution in [0.2, 0.25) is 0 Å². The van der Waals surface area contributed by atoms with Crippen LogP contribution in [0.3, 0.4) is 0 Å². The largest absolute Gasteiger partial charge is 0.497 e. The number of rotatable bonds is 5. The average Bonchev–Trinajstić information content (AvgIpc) is 2.78. The highest BCUT2D eigenvalue weighted by molar-refractivity contribution is 7.91. The Morgan fingerprint density at radius 1 is 1.45 bits per heavy atom. The molecule has 20 heavy (non-hydrogen) atoms. The van der Waals surface area contributed by atoms with E-state index in [4.69, 9.17) is 4.74 Å². The number of ether oxygens (including phenoxy) is 1. The topological polar surface area (TPSA) is 72.5 Å². The third kappa shape index (κ3) is 3.96. The molecule has 110 valence electrons. The Morgan fingerprint density at radius 2 is 2.25 bits per heavy atom. The van der Waals surface area contributed by atoms with E-state index in [0.717, 1.165) is 0 Å². The fourth-order valence-corrected chi connectivity index (χ4v) is 4.27. The van der Waals surface area contributed by atoms with Crippen molar-refractivity contribution in [1.82, 2.24) is 5.32 Å². The molecule has 1 unspecified atom stereocenters. The predicted octanol–water partition coefficient (Wildman–Crippen LogP) is 1.25. The van der Waals surface area contributed by atoms with Crippen molar-refractivity contribution in [3.63, 3.8) is 0 Å². The van der Waals surface area contributed by atoms with Crippen LogP contribution in [0, 0.1) is 5.92 Å². The molecule has 1 aliphatic heterocycles. The van der Waals surface area contributed by atoms with Crippen molar-refractivity contribution in [2.45, 2.75) is 12.8 Å². The summed E-state index contributed by atoms with van der Waals surface area (Å²) in [5.41, 5.74) is 0.545. The van der Waals surface area contributed by atoms with E-state index >= 15 is 0 Å². The molecule has 1 atom stereocenters. The van der Waals surface area contributed by atoms with Crippen molar-refractivity contribution in [1.29, 1.82) is 0 Å². The number of sulfone groups is 1. The lowest BCUT2D eigenvalue weighted by molar-refractivity contribution is 0.0951. The molecule has 1 heterocycles. The molecule has 0 saturated carbocycles. The summed E-state index contributed by atoms with van der Waals surface area (Å²) in [5.74, 6) is 1.18. The van der Waals surface area contributed by atoms with Crippen LogP contribution in [0.15, 0.2) is 24.3 Å². The molecular formula is C14H19NO4S. The van der Waals surface area contributed by atoms with Crippen molar-refractivity contribution in [3.05, 3.63) is 29.8 Å². The smallest absolute Gasteiger partial charge is 0.251 e. The first-order valence-corrected chi connectivity index (χ1v) is 8.45. The van der Waals surface area contributed by atoms with Gasteiger partial charge in [0.25, 0.3) is 5.91 Å². The highest BCUT2D eigenvalue weighted by atomic mass is 32.2. The number of amides is 1. The number of methoxy groups -OCH3 is 1. The Balaban J connectivity index is 1.80. The number of carbonyl (C=O) groups excluding carboxylic acids is 1. The Hall–Kier alpha value is -1.56. The van der Waals surface area contributed by atoms with E-state index in [1.807, 2.05) is 0 Å². The molecule has 2 rings (SSSR count). The van der Waals surface area contributed by atoms with Gasteiger partial charge in [-0.2, -0.15) is 0 Å². The van der Waals surface area contributed by atoms with Gasteiger partial charge in [0.05, 0.1) is 18.6 Å². The zero-order valence-corrected chi connectivity index (χ0v) is 12.3. The molecule has 1 aromatic rings. The molecule has 0 aliphatic carbocycles. The van der Waals surface area contributed by atoms with Gasteiger partial charge in [0, 0.05) is 12.1 Å². The molecule has 1 aromatic carbocycles. The molecule has 1 amide bonds. The van der Waals surface area contributed by atoms with Gasteiger partial charge < -0.3 is 10.1 Å². The second kappa shape index (κ2) is 6.26. The maximum atomic E-state index is 11.9. The van der Waals surface area contributed by atoms with E-state index in [9.17, 15) is 13.2 Å². The Kier molecular flexibility index (Phi) is 4.65. The summed E-state index contributed by atoms with van der Waals surface area (Å²) < 4.78 is 27.7. The minimum atomic E-state index is -2.84. The quantitative estimate of drug-likeness (QED) is 0.888. The van der Waals surface area contributed by atoms with E-state index in [-0.39, 0.29) is 23.3 Å². The summed E-state index contributed by atoms with van der Waals surface area (Å²) in [6.07, 6.45) is 1.41. The summed E-state index contributed by atoms with van der Waals surface area (Å²) in [5, 5.41) is 2.82. The maximum Gasteiger partial charge on any atom is 0.251 e. The van der Waals surface area contributed by atoms with Crippen LogP contribution >= 0.6 is 0 Å². The van der Waals surface area contributed by atoms with Gasteiger partial charge in [0.15, 0.2) is 9.84 Å². The van der Waals surface area contributed by atoms with Crippen LogP contribution in [0.25, 0.3) is 0 Å². The van der Waals surface area contributed by atoms with Crippen molar-refractivity contribution in [2.24, 2.45) is 5.92 Å². The minimum absolute atomic E-state index is 0.162. The molecule has 5 nitrogen and oxygen atoms in total. The SMILES string of the molecule is COc1cccc(C(=O)NCCC2CCS(=O)(=O)C2)c1. The Labute approximate surface area is 119 Å². The molecule has 1 saturated heterocycles. The zero-order chi connectivity index (χ0) is 14.6. The highest BCUT2D eigenvalue weighted by Crippen LogP contribution is 2.21. The lowest BCUT2D eigenvalue weighted by Gasteiger charge is -2.09. The van der Waals surface area contributed by atoms with Gasteiger partial charge in [-0.25, -0.2) is 8.42 Å². The minimum Gasteiger partial charge on any atom is -0.497 e. The van der Waals surface area contributed by atoms with Crippen molar-refractivity contribution in [2.75, 3.05) is 25.2 Å². The fourth-order valence-electron chi connectivity index (χ4n) is 2.36. The lowest BCUT2D eigenvalue weighted by atomic mass is 10.1. The molecule has 1 N–H and O–H groups in total. The van der Waals surface area contributed by atoms with Crippen LogP contribution < -0.4 is 10.1 Å². The number of hydrogen-bond donors (Lipinski definition) is 1. The molecule has 6 heteroatoms. The van der Waals surface area contributed by atoms with E-state index in [2.05, 4.69) is 5.32 Å². The second-order valence-electron chi connectivity index (χ2n) is 5.05. The Bertz CT molecular complexity index is 583. The summed E-state index contributed by atoms with van der Waals surface area (Å²) in [6, 6.07) is 6.94. The van der Waals surface area contributed by atoms with E-state index in [1.165, 1.54) is 0 Å². The highest BCUT2D eigenvalue weighted by Gasteiger charge is 2.27. The van der Waals surface area contributed by atoms with Crippen LogP contribution in [0.1, 0.15) is 23.2 Å². The third-order valence-electron chi connectivity index (χ3n) is 3.50. The normalized spacial score (nSPS) is 20.6. The van der Waals surface area contributed by atoms with Gasteiger partial charge >= 0.3 is 0 Å². The first-order valence-electron chi connectivity index (χ1n) is 6.63. The standard InChI is InChI=1S/C14H19NO4S/c1-19-13-4-2-3-12(9-13)14(16)15-7-5-11-6-8-20(17,18)10-11/h2-4,9,11H,5-8,10H2,1H3,(H,15,16). The fraction of sp³-hybridized carbons (Fsp3) is 0.500. The zero-order valence-electron chi connectivity index (χ0n) is 11.5. The molecule has 0 spiro atoms. The first kappa shape index (κ1) is 14.8.